The molecular formula is C14H14ClNO2S. The number of carbonyl (C=O) groups is 1. The summed E-state index contributed by atoms with van der Waals surface area (Å²) in [6.07, 6.45) is 0. The van der Waals surface area contributed by atoms with Gasteiger partial charge in [0.05, 0.1) is 0 Å². The van der Waals surface area contributed by atoms with Crippen LogP contribution in [0.15, 0.2) is 36.4 Å². The molecule has 5 heteroatoms. The van der Waals surface area contributed by atoms with Crippen LogP contribution >= 0.6 is 22.9 Å². The van der Waals surface area contributed by atoms with Crippen molar-refractivity contribution in [3.8, 4) is 0 Å². The van der Waals surface area contributed by atoms with Gasteiger partial charge in [-0.2, -0.15) is 0 Å². The number of hydrogen-bond donors (Lipinski definition) is 2. The molecule has 2 rings (SSSR count). The molecule has 0 fully saturated rings. The van der Waals surface area contributed by atoms with E-state index in [1.165, 1.54) is 11.3 Å². The fourth-order valence-corrected chi connectivity index (χ4v) is 2.87. The van der Waals surface area contributed by atoms with Crippen LogP contribution in [-0.4, -0.2) is 11.1 Å². The summed E-state index contributed by atoms with van der Waals surface area (Å²) in [5.41, 5.74) is 1.04. The maximum Gasteiger partial charge on any atom is 0.345 e. The summed E-state index contributed by atoms with van der Waals surface area (Å²) in [5, 5.41) is 12.9. The zero-order chi connectivity index (χ0) is 13.8. The third-order valence-electron chi connectivity index (χ3n) is 2.83. The molecule has 19 heavy (non-hydrogen) atoms. The summed E-state index contributed by atoms with van der Waals surface area (Å²) in [6.45, 7) is 2.66. The molecule has 1 atom stereocenters. The lowest BCUT2D eigenvalue weighted by atomic mass is 10.1. The van der Waals surface area contributed by atoms with Gasteiger partial charge in [-0.1, -0.05) is 29.8 Å². The Morgan fingerprint density at radius 2 is 2.11 bits per heavy atom. The number of aromatic carboxylic acids is 1. The minimum absolute atomic E-state index is 0.115. The topological polar surface area (TPSA) is 49.3 Å². The first-order chi connectivity index (χ1) is 9.08. The third-order valence-corrected chi connectivity index (χ3v) is 4.24. The highest BCUT2D eigenvalue weighted by Crippen LogP contribution is 2.23. The molecule has 1 heterocycles. The molecule has 0 spiro atoms. The van der Waals surface area contributed by atoms with Crippen LogP contribution in [0, 0.1) is 0 Å². The molecule has 0 bridgehead atoms. The van der Waals surface area contributed by atoms with Gasteiger partial charge in [-0.25, -0.2) is 4.79 Å². The number of carboxylic acid groups (broad SMARTS) is 1. The molecule has 0 unspecified atom stereocenters. The van der Waals surface area contributed by atoms with Gasteiger partial charge < -0.3 is 10.4 Å². The van der Waals surface area contributed by atoms with E-state index in [9.17, 15) is 4.79 Å². The molecule has 2 aromatic rings. The van der Waals surface area contributed by atoms with Crippen LogP contribution in [0.3, 0.4) is 0 Å². The molecule has 0 saturated heterocycles. The SMILES string of the molecule is C[C@@H](NCc1ccc(C(=O)O)s1)c1ccccc1Cl. The van der Waals surface area contributed by atoms with Crippen LogP contribution in [-0.2, 0) is 6.54 Å². The normalized spacial score (nSPS) is 12.3. The fourth-order valence-electron chi connectivity index (χ4n) is 1.78. The molecule has 0 aliphatic carbocycles. The first-order valence-corrected chi connectivity index (χ1v) is 7.07. The maximum absolute atomic E-state index is 10.8. The second kappa shape index (κ2) is 6.19. The van der Waals surface area contributed by atoms with E-state index in [0.717, 1.165) is 15.5 Å². The van der Waals surface area contributed by atoms with Gasteiger partial charge in [0.2, 0.25) is 0 Å². The van der Waals surface area contributed by atoms with Crippen LogP contribution in [0.4, 0.5) is 0 Å². The van der Waals surface area contributed by atoms with Crippen molar-refractivity contribution >= 4 is 28.9 Å². The molecule has 0 amide bonds. The maximum atomic E-state index is 10.8. The van der Waals surface area contributed by atoms with Crippen molar-refractivity contribution in [2.24, 2.45) is 0 Å². The first kappa shape index (κ1) is 14.1. The van der Waals surface area contributed by atoms with Crippen LogP contribution in [0.5, 0.6) is 0 Å². The van der Waals surface area contributed by atoms with Crippen LogP contribution in [0.2, 0.25) is 5.02 Å². The fraction of sp³-hybridized carbons (Fsp3) is 0.214. The third kappa shape index (κ3) is 3.56. The van der Waals surface area contributed by atoms with Gasteiger partial charge in [-0.15, -0.1) is 11.3 Å². The lowest BCUT2D eigenvalue weighted by molar-refractivity contribution is 0.0702. The van der Waals surface area contributed by atoms with Crippen LogP contribution < -0.4 is 5.32 Å². The predicted molar refractivity (Wildman–Crippen MR) is 78.0 cm³/mol. The highest BCUT2D eigenvalue weighted by molar-refractivity contribution is 7.13. The van der Waals surface area contributed by atoms with Gasteiger partial charge in [0.15, 0.2) is 0 Å². The number of rotatable bonds is 5. The summed E-state index contributed by atoms with van der Waals surface area (Å²) in [6, 6.07) is 11.3. The molecule has 3 nitrogen and oxygen atoms in total. The quantitative estimate of drug-likeness (QED) is 0.878. The number of thiophene rings is 1. The van der Waals surface area contributed by atoms with Crippen molar-refractivity contribution in [1.82, 2.24) is 5.32 Å². The zero-order valence-corrected chi connectivity index (χ0v) is 12.0. The Morgan fingerprint density at radius 1 is 1.37 bits per heavy atom. The number of nitrogens with one attached hydrogen (secondary N) is 1. The van der Waals surface area contributed by atoms with E-state index in [0.29, 0.717) is 11.4 Å². The van der Waals surface area contributed by atoms with Crippen LogP contribution in [0.25, 0.3) is 0 Å². The largest absolute Gasteiger partial charge is 0.477 e. The van der Waals surface area contributed by atoms with Crippen molar-refractivity contribution in [1.29, 1.82) is 0 Å². The second-order valence-corrected chi connectivity index (χ2v) is 5.77. The smallest absolute Gasteiger partial charge is 0.345 e. The van der Waals surface area contributed by atoms with E-state index >= 15 is 0 Å². The highest BCUT2D eigenvalue weighted by atomic mass is 35.5. The van der Waals surface area contributed by atoms with E-state index < -0.39 is 5.97 Å². The van der Waals surface area contributed by atoms with Gasteiger partial charge in [0.1, 0.15) is 4.88 Å². The van der Waals surface area contributed by atoms with E-state index in [2.05, 4.69) is 5.32 Å². The molecule has 2 N–H and O–H groups in total. The second-order valence-electron chi connectivity index (χ2n) is 4.20. The molecule has 1 aromatic carbocycles. The van der Waals surface area contributed by atoms with Gasteiger partial charge in [-0.3, -0.25) is 0 Å². The minimum atomic E-state index is -0.879. The van der Waals surface area contributed by atoms with E-state index in [-0.39, 0.29) is 6.04 Å². The predicted octanol–water partition coefficient (Wildman–Crippen LogP) is 3.95. The average Bonchev–Trinajstić information content (AvgIpc) is 2.85. The summed E-state index contributed by atoms with van der Waals surface area (Å²) in [7, 11) is 0. The van der Waals surface area contributed by atoms with E-state index in [1.54, 1.807) is 6.07 Å². The monoisotopic (exact) mass is 295 g/mol. The summed E-state index contributed by atoms with van der Waals surface area (Å²) < 4.78 is 0. The molecular weight excluding hydrogens is 282 g/mol. The standard InChI is InChI=1S/C14H14ClNO2S/c1-9(11-4-2-3-5-12(11)15)16-8-10-6-7-13(19-10)14(17)18/h2-7,9,16H,8H2,1H3,(H,17,18)/t9-/m1/s1. The van der Waals surface area contributed by atoms with Crippen molar-refractivity contribution in [2.75, 3.05) is 0 Å². The molecule has 0 aliphatic rings. The highest BCUT2D eigenvalue weighted by Gasteiger charge is 2.10. The number of halogens is 1. The Kier molecular flexibility index (Phi) is 4.58. The number of hydrogen-bond acceptors (Lipinski definition) is 3. The summed E-state index contributed by atoms with van der Waals surface area (Å²) >= 11 is 7.42. The summed E-state index contributed by atoms with van der Waals surface area (Å²) in [5.74, 6) is -0.879. The minimum Gasteiger partial charge on any atom is -0.477 e. The van der Waals surface area contributed by atoms with Crippen LogP contribution in [0.1, 0.15) is 33.1 Å². The van der Waals surface area contributed by atoms with E-state index in [1.807, 2.05) is 37.3 Å². The Hall–Kier alpha value is -1.36. The Morgan fingerprint density at radius 3 is 2.74 bits per heavy atom. The van der Waals surface area contributed by atoms with Crippen molar-refractivity contribution < 1.29 is 9.90 Å². The van der Waals surface area contributed by atoms with Gasteiger partial charge >= 0.3 is 5.97 Å². The van der Waals surface area contributed by atoms with Crippen molar-refractivity contribution in [3.05, 3.63) is 56.7 Å². The van der Waals surface area contributed by atoms with E-state index in [4.69, 9.17) is 16.7 Å². The van der Waals surface area contributed by atoms with Crippen molar-refractivity contribution in [2.45, 2.75) is 19.5 Å². The lowest BCUT2D eigenvalue weighted by Gasteiger charge is -2.14. The Balaban J connectivity index is 1.98. The summed E-state index contributed by atoms with van der Waals surface area (Å²) in [4.78, 5) is 12.2. The Labute approximate surface area is 120 Å². The Bertz CT molecular complexity index is 582. The number of carboxylic acids is 1. The lowest BCUT2D eigenvalue weighted by Crippen LogP contribution is -2.17. The molecule has 100 valence electrons. The van der Waals surface area contributed by atoms with Gasteiger partial charge in [0.25, 0.3) is 0 Å². The van der Waals surface area contributed by atoms with Gasteiger partial charge in [-0.05, 0) is 30.7 Å². The molecule has 1 aromatic heterocycles. The van der Waals surface area contributed by atoms with Crippen molar-refractivity contribution in [3.63, 3.8) is 0 Å². The molecule has 0 aliphatic heterocycles. The first-order valence-electron chi connectivity index (χ1n) is 5.87. The molecule has 0 radical (unpaired) electrons. The zero-order valence-electron chi connectivity index (χ0n) is 10.4. The molecule has 0 saturated carbocycles. The average molecular weight is 296 g/mol. The number of benzene rings is 1. The van der Waals surface area contributed by atoms with Gasteiger partial charge in [0, 0.05) is 22.5 Å².